The van der Waals surface area contributed by atoms with Crippen molar-refractivity contribution in [2.75, 3.05) is 13.2 Å². The summed E-state index contributed by atoms with van der Waals surface area (Å²) >= 11 is 0. The van der Waals surface area contributed by atoms with Gasteiger partial charge < -0.3 is 10.2 Å². The first-order valence-corrected chi connectivity index (χ1v) is 6.22. The molecule has 1 rings (SSSR count). The van der Waals surface area contributed by atoms with Crippen LogP contribution in [0.3, 0.4) is 0 Å². The molecule has 0 unspecified atom stereocenters. The monoisotopic (exact) mass is 245 g/mol. The van der Waals surface area contributed by atoms with Crippen molar-refractivity contribution in [1.82, 2.24) is 4.72 Å². The Morgan fingerprint density at radius 2 is 1.69 bits per heavy atom. The van der Waals surface area contributed by atoms with Crippen LogP contribution in [0, 0.1) is 0 Å². The van der Waals surface area contributed by atoms with Crippen LogP contribution in [0.1, 0.15) is 6.92 Å². The maximum absolute atomic E-state index is 11.8. The Hall–Kier alpha value is -0.950. The lowest BCUT2D eigenvalue weighted by Gasteiger charge is -2.25. The van der Waals surface area contributed by atoms with Crippen molar-refractivity contribution in [3.63, 3.8) is 0 Å². The van der Waals surface area contributed by atoms with Gasteiger partial charge in [0.2, 0.25) is 10.0 Å². The van der Waals surface area contributed by atoms with Crippen LogP contribution in [0.5, 0.6) is 0 Å². The molecule has 0 bridgehead atoms. The fourth-order valence-electron chi connectivity index (χ4n) is 1.10. The smallest absolute Gasteiger partial charge is 0.241 e. The van der Waals surface area contributed by atoms with Gasteiger partial charge in [0.1, 0.15) is 0 Å². The van der Waals surface area contributed by atoms with Gasteiger partial charge in [0, 0.05) is 0 Å². The number of hydrogen-bond acceptors (Lipinski definition) is 4. The second kappa shape index (κ2) is 4.92. The Morgan fingerprint density at radius 1 is 1.19 bits per heavy atom. The lowest BCUT2D eigenvalue weighted by molar-refractivity contribution is 0.122. The first-order valence-electron chi connectivity index (χ1n) is 4.74. The SMILES string of the molecule is CC(CO)(CO)NS(=O)(=O)c1ccccc1. The van der Waals surface area contributed by atoms with Crippen LogP contribution in [-0.2, 0) is 10.0 Å². The molecule has 6 heteroatoms. The average Bonchev–Trinajstić information content (AvgIpc) is 2.29. The van der Waals surface area contributed by atoms with Gasteiger partial charge in [-0.25, -0.2) is 13.1 Å². The second-order valence-electron chi connectivity index (χ2n) is 3.80. The Labute approximate surface area is 94.8 Å². The zero-order valence-electron chi connectivity index (χ0n) is 8.92. The summed E-state index contributed by atoms with van der Waals surface area (Å²) in [7, 11) is -3.71. The van der Waals surface area contributed by atoms with Gasteiger partial charge in [0.15, 0.2) is 0 Å². The number of nitrogens with one attached hydrogen (secondary N) is 1. The number of hydrogen-bond donors (Lipinski definition) is 3. The Kier molecular flexibility index (Phi) is 4.03. The van der Waals surface area contributed by atoms with E-state index >= 15 is 0 Å². The fourth-order valence-corrected chi connectivity index (χ4v) is 2.51. The predicted octanol–water partition coefficient (Wildman–Crippen LogP) is -0.292. The van der Waals surface area contributed by atoms with Gasteiger partial charge in [-0.3, -0.25) is 0 Å². The molecule has 5 nitrogen and oxygen atoms in total. The van der Waals surface area contributed by atoms with Gasteiger partial charge in [0.25, 0.3) is 0 Å². The van der Waals surface area contributed by atoms with Gasteiger partial charge in [0.05, 0.1) is 23.6 Å². The first kappa shape index (κ1) is 13.1. The molecule has 0 heterocycles. The molecule has 1 aromatic rings. The van der Waals surface area contributed by atoms with Crippen molar-refractivity contribution in [3.05, 3.63) is 30.3 Å². The largest absolute Gasteiger partial charge is 0.394 e. The molecule has 3 N–H and O–H groups in total. The third kappa shape index (κ3) is 3.02. The Balaban J connectivity index is 2.97. The number of aliphatic hydroxyl groups excluding tert-OH is 2. The van der Waals surface area contributed by atoms with Crippen molar-refractivity contribution in [2.24, 2.45) is 0 Å². The average molecular weight is 245 g/mol. The molecular weight excluding hydrogens is 230 g/mol. The molecule has 0 fully saturated rings. The highest BCUT2D eigenvalue weighted by molar-refractivity contribution is 7.89. The Morgan fingerprint density at radius 3 is 2.12 bits per heavy atom. The molecule has 0 aliphatic heterocycles. The lowest BCUT2D eigenvalue weighted by Crippen LogP contribution is -2.51. The van der Waals surface area contributed by atoms with E-state index in [0.717, 1.165) is 0 Å². The molecule has 16 heavy (non-hydrogen) atoms. The highest BCUT2D eigenvalue weighted by Crippen LogP contribution is 2.12. The van der Waals surface area contributed by atoms with Crippen molar-refractivity contribution >= 4 is 10.0 Å². The minimum absolute atomic E-state index is 0.100. The minimum Gasteiger partial charge on any atom is -0.394 e. The molecular formula is C10H15NO4S. The van der Waals surface area contributed by atoms with Crippen molar-refractivity contribution in [3.8, 4) is 0 Å². The van der Waals surface area contributed by atoms with Crippen molar-refractivity contribution < 1.29 is 18.6 Å². The summed E-state index contributed by atoms with van der Waals surface area (Å²) in [4.78, 5) is 0.100. The second-order valence-corrected chi connectivity index (χ2v) is 5.48. The molecule has 0 saturated heterocycles. The lowest BCUT2D eigenvalue weighted by atomic mass is 10.1. The molecule has 0 saturated carbocycles. The van der Waals surface area contributed by atoms with Gasteiger partial charge in [-0.1, -0.05) is 18.2 Å². The van der Waals surface area contributed by atoms with Gasteiger partial charge in [-0.15, -0.1) is 0 Å². The van der Waals surface area contributed by atoms with Crippen LogP contribution < -0.4 is 4.72 Å². The summed E-state index contributed by atoms with van der Waals surface area (Å²) in [6.07, 6.45) is 0. The van der Waals surface area contributed by atoms with E-state index in [2.05, 4.69) is 4.72 Å². The van der Waals surface area contributed by atoms with E-state index in [4.69, 9.17) is 10.2 Å². The summed E-state index contributed by atoms with van der Waals surface area (Å²) < 4.78 is 25.9. The van der Waals surface area contributed by atoms with Crippen LogP contribution in [0.2, 0.25) is 0 Å². The number of benzene rings is 1. The summed E-state index contributed by atoms with van der Waals surface area (Å²) in [6.45, 7) is 0.471. The predicted molar refractivity (Wildman–Crippen MR) is 59.3 cm³/mol. The molecule has 0 aromatic heterocycles. The number of sulfonamides is 1. The molecule has 0 radical (unpaired) electrons. The number of rotatable bonds is 5. The Bertz CT molecular complexity index is 425. The van der Waals surface area contributed by atoms with E-state index in [-0.39, 0.29) is 4.90 Å². The van der Waals surface area contributed by atoms with Gasteiger partial charge >= 0.3 is 0 Å². The quantitative estimate of drug-likeness (QED) is 0.665. The summed E-state index contributed by atoms with van der Waals surface area (Å²) in [6, 6.07) is 7.79. The maximum atomic E-state index is 11.8. The molecule has 90 valence electrons. The third-order valence-electron chi connectivity index (χ3n) is 2.13. The fraction of sp³-hybridized carbons (Fsp3) is 0.400. The van der Waals surface area contributed by atoms with E-state index in [0.29, 0.717) is 0 Å². The zero-order chi connectivity index (χ0) is 12.2. The zero-order valence-corrected chi connectivity index (χ0v) is 9.74. The van der Waals surface area contributed by atoms with Crippen LogP contribution in [-0.4, -0.2) is 37.4 Å². The van der Waals surface area contributed by atoms with E-state index in [1.165, 1.54) is 19.1 Å². The van der Waals surface area contributed by atoms with Gasteiger partial charge in [-0.05, 0) is 19.1 Å². The number of aliphatic hydroxyl groups is 2. The summed E-state index contributed by atoms with van der Waals surface area (Å²) in [5.74, 6) is 0. The van der Waals surface area contributed by atoms with Crippen molar-refractivity contribution in [2.45, 2.75) is 17.4 Å². The summed E-state index contributed by atoms with van der Waals surface area (Å²) in [5.41, 5.74) is -1.26. The molecule has 0 aliphatic rings. The topological polar surface area (TPSA) is 86.6 Å². The minimum atomic E-state index is -3.71. The molecule has 0 aliphatic carbocycles. The molecule has 0 spiro atoms. The standard InChI is InChI=1S/C10H15NO4S/c1-10(7-12,8-13)11-16(14,15)9-5-3-2-4-6-9/h2-6,11-13H,7-8H2,1H3. The molecule has 1 aromatic carbocycles. The van der Waals surface area contributed by atoms with Crippen LogP contribution in [0.4, 0.5) is 0 Å². The highest BCUT2D eigenvalue weighted by atomic mass is 32.2. The van der Waals surface area contributed by atoms with Crippen LogP contribution in [0.15, 0.2) is 35.2 Å². The van der Waals surface area contributed by atoms with E-state index < -0.39 is 28.8 Å². The van der Waals surface area contributed by atoms with Crippen molar-refractivity contribution in [1.29, 1.82) is 0 Å². The van der Waals surface area contributed by atoms with E-state index in [1.807, 2.05) is 0 Å². The van der Waals surface area contributed by atoms with Gasteiger partial charge in [-0.2, -0.15) is 0 Å². The van der Waals surface area contributed by atoms with E-state index in [1.54, 1.807) is 18.2 Å². The van der Waals surface area contributed by atoms with Crippen LogP contribution in [0.25, 0.3) is 0 Å². The molecule has 0 atom stereocenters. The summed E-state index contributed by atoms with van der Waals surface area (Å²) in [5, 5.41) is 18.0. The molecule has 0 amide bonds. The normalized spacial score (nSPS) is 12.7. The third-order valence-corrected chi connectivity index (χ3v) is 3.79. The maximum Gasteiger partial charge on any atom is 0.241 e. The van der Waals surface area contributed by atoms with E-state index in [9.17, 15) is 8.42 Å². The highest BCUT2D eigenvalue weighted by Gasteiger charge is 2.29. The van der Waals surface area contributed by atoms with Crippen LogP contribution >= 0.6 is 0 Å². The first-order chi connectivity index (χ1) is 7.43.